The van der Waals surface area contributed by atoms with Crippen LogP contribution in [0.2, 0.25) is 0 Å². The lowest BCUT2D eigenvalue weighted by atomic mass is 9.85. The summed E-state index contributed by atoms with van der Waals surface area (Å²) in [6.45, 7) is 5.43. The zero-order valence-corrected chi connectivity index (χ0v) is 20.2. The van der Waals surface area contributed by atoms with Crippen LogP contribution in [-0.4, -0.2) is 67.0 Å². The maximum Gasteiger partial charge on any atom is 0.233 e. The third-order valence-corrected chi connectivity index (χ3v) is 7.63. The van der Waals surface area contributed by atoms with E-state index in [1.54, 1.807) is 0 Å². The van der Waals surface area contributed by atoms with E-state index in [1.807, 2.05) is 12.2 Å². The Bertz CT molecular complexity index is 836. The van der Waals surface area contributed by atoms with Gasteiger partial charge in [0.2, 0.25) is 11.8 Å². The second-order valence-corrected chi connectivity index (χ2v) is 9.66. The summed E-state index contributed by atoms with van der Waals surface area (Å²) in [4.78, 5) is 31.7. The minimum absolute atomic E-state index is 0. The van der Waals surface area contributed by atoms with Gasteiger partial charge in [0.1, 0.15) is 5.75 Å². The molecule has 5 rings (SSSR count). The molecule has 0 aromatic heterocycles. The Kier molecular flexibility index (Phi) is 7.97. The number of piperazine rings is 1. The van der Waals surface area contributed by atoms with Crippen LogP contribution < -0.4 is 9.64 Å². The second-order valence-electron chi connectivity index (χ2n) is 9.66. The van der Waals surface area contributed by atoms with Crippen LogP contribution in [0, 0.1) is 11.8 Å². The number of ether oxygens (including phenoxy) is 1. The number of hydrogen-bond acceptors (Lipinski definition) is 5. The van der Waals surface area contributed by atoms with E-state index in [9.17, 15) is 9.59 Å². The predicted molar refractivity (Wildman–Crippen MR) is 132 cm³/mol. The lowest BCUT2D eigenvalue weighted by molar-refractivity contribution is -0.140. The number of fused-ring (bicyclic) bond motifs is 1. The molecule has 4 aliphatic rings. The van der Waals surface area contributed by atoms with E-state index in [4.69, 9.17) is 4.74 Å². The molecule has 1 aromatic rings. The van der Waals surface area contributed by atoms with Crippen LogP contribution in [0.1, 0.15) is 44.9 Å². The van der Waals surface area contributed by atoms with E-state index < -0.39 is 0 Å². The first kappa shape index (κ1) is 24.1. The van der Waals surface area contributed by atoms with Crippen LogP contribution in [-0.2, 0) is 9.59 Å². The summed E-state index contributed by atoms with van der Waals surface area (Å²) >= 11 is 0. The van der Waals surface area contributed by atoms with E-state index in [2.05, 4.69) is 34.1 Å². The van der Waals surface area contributed by atoms with Gasteiger partial charge in [-0.1, -0.05) is 24.3 Å². The molecule has 0 radical (unpaired) electrons. The highest BCUT2D eigenvalue weighted by atomic mass is 35.5. The molecule has 1 aromatic carbocycles. The van der Waals surface area contributed by atoms with Crippen molar-refractivity contribution in [2.24, 2.45) is 11.8 Å². The first-order valence-electron chi connectivity index (χ1n) is 12.4. The second kappa shape index (κ2) is 10.9. The number of allylic oxidation sites excluding steroid dienone is 2. The molecule has 0 N–H and O–H groups in total. The molecule has 1 saturated carbocycles. The van der Waals surface area contributed by atoms with Gasteiger partial charge in [-0.25, -0.2) is 0 Å². The molecule has 2 atom stereocenters. The summed E-state index contributed by atoms with van der Waals surface area (Å²) in [7, 11) is 0. The van der Waals surface area contributed by atoms with Crippen LogP contribution in [0.3, 0.4) is 0 Å². The largest absolute Gasteiger partial charge is 0.488 e. The van der Waals surface area contributed by atoms with Crippen molar-refractivity contribution in [2.75, 3.05) is 44.2 Å². The highest BCUT2D eigenvalue weighted by molar-refractivity contribution is 6.05. The number of imide groups is 1. The van der Waals surface area contributed by atoms with Crippen LogP contribution in [0.4, 0.5) is 5.69 Å². The number of benzene rings is 1. The minimum atomic E-state index is -0.109. The predicted octanol–water partition coefficient (Wildman–Crippen LogP) is 3.89. The summed E-state index contributed by atoms with van der Waals surface area (Å²) in [5.74, 6) is 0.904. The zero-order valence-electron chi connectivity index (χ0n) is 19.4. The van der Waals surface area contributed by atoms with E-state index in [0.717, 1.165) is 57.7 Å². The molecule has 2 amide bonds. The van der Waals surface area contributed by atoms with E-state index in [0.29, 0.717) is 12.6 Å². The maximum absolute atomic E-state index is 12.6. The van der Waals surface area contributed by atoms with Gasteiger partial charge in [0.25, 0.3) is 0 Å². The van der Waals surface area contributed by atoms with Crippen LogP contribution in [0.5, 0.6) is 5.75 Å². The van der Waals surface area contributed by atoms with Gasteiger partial charge < -0.3 is 9.64 Å². The standard InChI is InChI=1S/C26H35N3O3.ClH/c30-25-21-10-3-4-11-22(21)26(31)29(25)15-7-14-27-16-18-28(19-17-27)23-12-5-6-13-24(23)32-20-8-1-2-9-20;/h3-6,12-13,20-22H,1-2,7-11,14-19H2;1H. The Morgan fingerprint density at radius 1 is 0.848 bits per heavy atom. The zero-order chi connectivity index (χ0) is 21.9. The van der Waals surface area contributed by atoms with Crippen molar-refractivity contribution in [2.45, 2.75) is 51.0 Å². The SMILES string of the molecule is Cl.O=C1C2CC=CCC2C(=O)N1CCCN1CCN(c2ccccc2OC2CCCC2)CC1. The van der Waals surface area contributed by atoms with Gasteiger partial charge in [0.05, 0.1) is 23.6 Å². The summed E-state index contributed by atoms with van der Waals surface area (Å²) in [6.07, 6.45) is 11.7. The van der Waals surface area contributed by atoms with E-state index in [1.165, 1.54) is 36.3 Å². The van der Waals surface area contributed by atoms with Gasteiger partial charge in [-0.05, 0) is 63.6 Å². The number of para-hydroxylation sites is 2. The lowest BCUT2D eigenvalue weighted by Gasteiger charge is -2.37. The van der Waals surface area contributed by atoms with Crippen LogP contribution >= 0.6 is 12.4 Å². The molecule has 6 nitrogen and oxygen atoms in total. The fourth-order valence-corrected chi connectivity index (χ4v) is 5.76. The van der Waals surface area contributed by atoms with Crippen molar-refractivity contribution in [3.63, 3.8) is 0 Å². The smallest absolute Gasteiger partial charge is 0.233 e. The number of rotatable bonds is 7. The quantitative estimate of drug-likeness (QED) is 0.444. The maximum atomic E-state index is 12.6. The molecule has 3 fully saturated rings. The molecule has 2 unspecified atom stereocenters. The molecular weight excluding hydrogens is 438 g/mol. The monoisotopic (exact) mass is 473 g/mol. The van der Waals surface area contributed by atoms with E-state index >= 15 is 0 Å². The van der Waals surface area contributed by atoms with Gasteiger partial charge in [-0.2, -0.15) is 0 Å². The van der Waals surface area contributed by atoms with Crippen LogP contribution in [0.15, 0.2) is 36.4 Å². The Labute approximate surface area is 203 Å². The van der Waals surface area contributed by atoms with E-state index in [-0.39, 0.29) is 36.1 Å². The summed E-state index contributed by atoms with van der Waals surface area (Å²) in [6, 6.07) is 8.45. The van der Waals surface area contributed by atoms with Crippen molar-refractivity contribution in [1.29, 1.82) is 0 Å². The molecule has 2 heterocycles. The van der Waals surface area contributed by atoms with Gasteiger partial charge in [0.15, 0.2) is 0 Å². The average molecular weight is 474 g/mol. The lowest BCUT2D eigenvalue weighted by Crippen LogP contribution is -2.47. The number of amides is 2. The topological polar surface area (TPSA) is 53.1 Å². The van der Waals surface area contributed by atoms with Crippen molar-refractivity contribution >= 4 is 29.9 Å². The number of anilines is 1. The Morgan fingerprint density at radius 2 is 1.48 bits per heavy atom. The van der Waals surface area contributed by atoms with Gasteiger partial charge in [-0.3, -0.25) is 19.4 Å². The summed E-state index contributed by atoms with van der Waals surface area (Å²) in [5, 5.41) is 0. The first-order valence-corrected chi connectivity index (χ1v) is 12.4. The number of carbonyl (C=O) groups is 2. The molecular formula is C26H36ClN3O3. The van der Waals surface area contributed by atoms with Crippen LogP contribution in [0.25, 0.3) is 0 Å². The number of carbonyl (C=O) groups excluding carboxylic acids is 2. The number of nitrogens with zero attached hydrogens (tertiary/aromatic N) is 3. The summed E-state index contributed by atoms with van der Waals surface area (Å²) < 4.78 is 6.34. The molecule has 2 saturated heterocycles. The molecule has 33 heavy (non-hydrogen) atoms. The molecule has 0 spiro atoms. The highest BCUT2D eigenvalue weighted by Crippen LogP contribution is 2.35. The molecule has 7 heteroatoms. The average Bonchev–Trinajstić information content (AvgIpc) is 3.43. The third-order valence-electron chi connectivity index (χ3n) is 7.63. The molecule has 2 aliphatic carbocycles. The molecule has 2 aliphatic heterocycles. The Morgan fingerprint density at radius 3 is 2.15 bits per heavy atom. The van der Waals surface area contributed by atoms with Crippen molar-refractivity contribution in [3.05, 3.63) is 36.4 Å². The summed E-state index contributed by atoms with van der Waals surface area (Å²) in [5.41, 5.74) is 1.21. The van der Waals surface area contributed by atoms with Crippen molar-refractivity contribution in [3.8, 4) is 5.75 Å². The Balaban J connectivity index is 0.00000259. The Hall–Kier alpha value is -2.05. The van der Waals surface area contributed by atoms with Gasteiger partial charge in [-0.15, -0.1) is 12.4 Å². The third kappa shape index (κ3) is 5.22. The van der Waals surface area contributed by atoms with Crippen molar-refractivity contribution in [1.82, 2.24) is 9.80 Å². The van der Waals surface area contributed by atoms with Crippen molar-refractivity contribution < 1.29 is 14.3 Å². The minimum Gasteiger partial charge on any atom is -0.488 e. The van der Waals surface area contributed by atoms with Gasteiger partial charge in [0, 0.05) is 32.7 Å². The highest BCUT2D eigenvalue weighted by Gasteiger charge is 2.46. The number of hydrogen-bond donors (Lipinski definition) is 0. The first-order chi connectivity index (χ1) is 15.7. The normalized spacial score (nSPS) is 25.9. The molecule has 0 bridgehead atoms. The fraction of sp³-hybridized carbons (Fsp3) is 0.615. The fourth-order valence-electron chi connectivity index (χ4n) is 5.76. The van der Waals surface area contributed by atoms with Gasteiger partial charge >= 0.3 is 0 Å². The molecule has 180 valence electrons. The number of likely N-dealkylation sites (tertiary alicyclic amines) is 1. The number of halogens is 1.